The number of carbonyl (C=O) groups excluding carboxylic acids is 2. The fourth-order valence-electron chi connectivity index (χ4n) is 2.84. The molecule has 9 nitrogen and oxygen atoms in total. The van der Waals surface area contributed by atoms with Crippen LogP contribution in [0.2, 0.25) is 0 Å². The lowest BCUT2D eigenvalue weighted by Crippen LogP contribution is -2.13. The summed E-state index contributed by atoms with van der Waals surface area (Å²) in [6.45, 7) is 3.75. The number of aromatic nitrogens is 1. The number of nitrogens with one attached hydrogen (secondary N) is 1. The Morgan fingerprint density at radius 2 is 1.97 bits per heavy atom. The van der Waals surface area contributed by atoms with Crippen LogP contribution in [0.3, 0.4) is 0 Å². The Morgan fingerprint density at radius 1 is 1.24 bits per heavy atom. The van der Waals surface area contributed by atoms with Crippen LogP contribution in [0.4, 0.5) is 5.82 Å². The quantitative estimate of drug-likeness (QED) is 0.190. The number of carbonyl (C=O) groups is 2. The number of methoxy groups -OCH3 is 1. The maximum atomic E-state index is 12.6. The van der Waals surface area contributed by atoms with Crippen molar-refractivity contribution in [3.63, 3.8) is 0 Å². The standard InChI is InChI=1S/C24H20BrN3O6/c1-4-32-20-12-15(10-17(13-26)23(29)27-21-9-14(2)34-28-21)11-19(25)22(20)33-24(30)16-5-7-18(31-3)8-6-16/h5-12H,4H2,1-3H3,(H,27,28,29)/b17-10-. The highest BCUT2D eigenvalue weighted by atomic mass is 79.9. The van der Waals surface area contributed by atoms with Crippen LogP contribution in [0.15, 0.2) is 57.0 Å². The average Bonchev–Trinajstić information content (AvgIpc) is 3.24. The number of amides is 1. The first kappa shape index (κ1) is 24.5. The number of ether oxygens (including phenoxy) is 3. The molecule has 0 saturated heterocycles. The van der Waals surface area contributed by atoms with Gasteiger partial charge in [0.15, 0.2) is 17.3 Å². The smallest absolute Gasteiger partial charge is 0.343 e. The van der Waals surface area contributed by atoms with Crippen LogP contribution in [0, 0.1) is 18.3 Å². The molecule has 1 heterocycles. The predicted molar refractivity (Wildman–Crippen MR) is 127 cm³/mol. The third kappa shape index (κ3) is 6.02. The highest BCUT2D eigenvalue weighted by molar-refractivity contribution is 9.10. The zero-order valence-corrected chi connectivity index (χ0v) is 20.1. The molecular weight excluding hydrogens is 506 g/mol. The Hall–Kier alpha value is -4.10. The number of benzene rings is 2. The minimum atomic E-state index is -0.653. The van der Waals surface area contributed by atoms with Crippen molar-refractivity contribution in [2.75, 3.05) is 19.0 Å². The highest BCUT2D eigenvalue weighted by Gasteiger charge is 2.18. The average molecular weight is 526 g/mol. The Balaban J connectivity index is 1.87. The molecule has 1 amide bonds. The summed E-state index contributed by atoms with van der Waals surface area (Å²) in [5.74, 6) is 0.506. The van der Waals surface area contributed by atoms with Crippen LogP contribution < -0.4 is 19.5 Å². The van der Waals surface area contributed by atoms with Crippen LogP contribution in [-0.4, -0.2) is 30.7 Å². The summed E-state index contributed by atoms with van der Waals surface area (Å²) in [5, 5.41) is 15.7. The molecule has 34 heavy (non-hydrogen) atoms. The summed E-state index contributed by atoms with van der Waals surface area (Å²) in [7, 11) is 1.53. The maximum absolute atomic E-state index is 12.6. The molecule has 0 radical (unpaired) electrons. The summed E-state index contributed by atoms with van der Waals surface area (Å²) in [6.07, 6.45) is 1.38. The van der Waals surface area contributed by atoms with E-state index in [1.54, 1.807) is 50.2 Å². The third-order valence-corrected chi connectivity index (χ3v) is 4.99. The number of nitrogens with zero attached hydrogens (tertiary/aromatic N) is 2. The Morgan fingerprint density at radius 3 is 2.56 bits per heavy atom. The summed E-state index contributed by atoms with van der Waals surface area (Å²) in [4.78, 5) is 25.1. The second-order valence-corrected chi connectivity index (χ2v) is 7.68. The van der Waals surface area contributed by atoms with Gasteiger partial charge in [0.25, 0.3) is 5.91 Å². The van der Waals surface area contributed by atoms with Gasteiger partial charge in [-0.2, -0.15) is 5.26 Å². The molecule has 0 bridgehead atoms. The monoisotopic (exact) mass is 525 g/mol. The Bertz CT molecular complexity index is 1270. The fourth-order valence-corrected chi connectivity index (χ4v) is 3.38. The lowest BCUT2D eigenvalue weighted by Gasteiger charge is -2.14. The summed E-state index contributed by atoms with van der Waals surface area (Å²) in [6, 6.07) is 13.0. The molecule has 10 heteroatoms. The zero-order chi connectivity index (χ0) is 24.7. The van der Waals surface area contributed by atoms with Crippen LogP contribution in [0.1, 0.15) is 28.6 Å². The predicted octanol–water partition coefficient (Wildman–Crippen LogP) is 4.92. The molecule has 0 atom stereocenters. The molecule has 0 aliphatic heterocycles. The zero-order valence-electron chi connectivity index (χ0n) is 18.5. The molecule has 1 N–H and O–H groups in total. The lowest BCUT2D eigenvalue weighted by molar-refractivity contribution is -0.112. The van der Waals surface area contributed by atoms with Gasteiger partial charge in [-0.15, -0.1) is 0 Å². The largest absolute Gasteiger partial charge is 0.497 e. The molecule has 3 rings (SSSR count). The number of aryl methyl sites for hydroxylation is 1. The van der Waals surface area contributed by atoms with E-state index < -0.39 is 11.9 Å². The van der Waals surface area contributed by atoms with E-state index in [0.29, 0.717) is 33.7 Å². The minimum Gasteiger partial charge on any atom is -0.497 e. The van der Waals surface area contributed by atoms with Crippen molar-refractivity contribution < 1.29 is 28.3 Å². The van der Waals surface area contributed by atoms with Crippen molar-refractivity contribution in [1.29, 1.82) is 5.26 Å². The number of esters is 1. The van der Waals surface area contributed by atoms with Crippen LogP contribution in [0.25, 0.3) is 6.08 Å². The first-order chi connectivity index (χ1) is 16.3. The highest BCUT2D eigenvalue weighted by Crippen LogP contribution is 2.38. The van der Waals surface area contributed by atoms with Gasteiger partial charge in [-0.05, 0) is 77.8 Å². The van der Waals surface area contributed by atoms with E-state index in [9.17, 15) is 14.9 Å². The molecule has 0 fully saturated rings. The summed E-state index contributed by atoms with van der Waals surface area (Å²) < 4.78 is 21.6. The van der Waals surface area contributed by atoms with Gasteiger partial charge in [0, 0.05) is 6.07 Å². The van der Waals surface area contributed by atoms with Crippen molar-refractivity contribution in [3.8, 4) is 23.3 Å². The number of rotatable bonds is 8. The van der Waals surface area contributed by atoms with E-state index >= 15 is 0 Å². The normalized spacial score (nSPS) is 10.9. The van der Waals surface area contributed by atoms with Gasteiger partial charge in [0.2, 0.25) is 0 Å². The van der Waals surface area contributed by atoms with Crippen LogP contribution in [-0.2, 0) is 4.79 Å². The molecule has 0 saturated carbocycles. The summed E-state index contributed by atoms with van der Waals surface area (Å²) >= 11 is 3.38. The molecule has 0 aliphatic rings. The maximum Gasteiger partial charge on any atom is 0.343 e. The van der Waals surface area contributed by atoms with Crippen molar-refractivity contribution in [3.05, 3.63) is 69.4 Å². The van der Waals surface area contributed by atoms with Gasteiger partial charge in [-0.1, -0.05) is 5.16 Å². The first-order valence-electron chi connectivity index (χ1n) is 10.0. The van der Waals surface area contributed by atoms with Crippen molar-refractivity contribution in [2.45, 2.75) is 13.8 Å². The molecule has 3 aromatic rings. The molecular formula is C24H20BrN3O6. The number of hydrogen-bond donors (Lipinski definition) is 1. The second-order valence-electron chi connectivity index (χ2n) is 6.83. The second kappa shape index (κ2) is 11.2. The SMILES string of the molecule is CCOc1cc(/C=C(/C#N)C(=O)Nc2cc(C)on2)cc(Br)c1OC(=O)c1ccc(OC)cc1. The first-order valence-corrected chi connectivity index (χ1v) is 10.8. The Kier molecular flexibility index (Phi) is 8.05. The van der Waals surface area contributed by atoms with Crippen LogP contribution >= 0.6 is 15.9 Å². The van der Waals surface area contributed by atoms with E-state index in [0.717, 1.165) is 0 Å². The number of anilines is 1. The number of nitriles is 1. The molecule has 174 valence electrons. The van der Waals surface area contributed by atoms with E-state index in [2.05, 4.69) is 26.4 Å². The van der Waals surface area contributed by atoms with Gasteiger partial charge in [-0.3, -0.25) is 4.79 Å². The Labute approximate surface area is 204 Å². The van der Waals surface area contributed by atoms with Gasteiger partial charge in [-0.25, -0.2) is 4.79 Å². The molecule has 1 aromatic heterocycles. The van der Waals surface area contributed by atoms with Gasteiger partial charge >= 0.3 is 5.97 Å². The van der Waals surface area contributed by atoms with Gasteiger partial charge in [0.1, 0.15) is 23.2 Å². The number of hydrogen-bond acceptors (Lipinski definition) is 8. The van der Waals surface area contributed by atoms with E-state index in [1.807, 2.05) is 6.07 Å². The lowest BCUT2D eigenvalue weighted by atomic mass is 10.1. The van der Waals surface area contributed by atoms with Gasteiger partial charge in [0.05, 0.1) is 23.8 Å². The molecule has 0 aliphatic carbocycles. The molecule has 0 unspecified atom stereocenters. The van der Waals surface area contributed by atoms with Crippen molar-refractivity contribution in [2.24, 2.45) is 0 Å². The number of halogens is 1. The van der Waals surface area contributed by atoms with Crippen molar-refractivity contribution in [1.82, 2.24) is 5.16 Å². The molecule has 2 aromatic carbocycles. The topological polar surface area (TPSA) is 124 Å². The van der Waals surface area contributed by atoms with Gasteiger partial charge < -0.3 is 24.1 Å². The third-order valence-electron chi connectivity index (χ3n) is 4.40. The van der Waals surface area contributed by atoms with Crippen LogP contribution in [0.5, 0.6) is 17.2 Å². The van der Waals surface area contributed by atoms with Crippen molar-refractivity contribution >= 4 is 39.7 Å². The van der Waals surface area contributed by atoms with E-state index in [-0.39, 0.29) is 22.9 Å². The van der Waals surface area contributed by atoms with E-state index in [4.69, 9.17) is 18.7 Å². The summed E-state index contributed by atoms with van der Waals surface area (Å²) in [5.41, 5.74) is 0.631. The molecule has 0 spiro atoms. The van der Waals surface area contributed by atoms with E-state index in [1.165, 1.54) is 19.3 Å². The minimum absolute atomic E-state index is 0.167. The fraction of sp³-hybridized carbons (Fsp3) is 0.167.